The van der Waals surface area contributed by atoms with Crippen LogP contribution in [0.2, 0.25) is 5.02 Å². The summed E-state index contributed by atoms with van der Waals surface area (Å²) in [6, 6.07) is 15.9. The van der Waals surface area contributed by atoms with E-state index in [9.17, 15) is 4.79 Å². The van der Waals surface area contributed by atoms with E-state index in [0.717, 1.165) is 22.1 Å². The summed E-state index contributed by atoms with van der Waals surface area (Å²) in [5.41, 5.74) is 5.60. The highest BCUT2D eigenvalue weighted by Gasteiger charge is 2.01. The van der Waals surface area contributed by atoms with Crippen LogP contribution in [0.4, 0.5) is 0 Å². The first-order chi connectivity index (χ1) is 10.2. The van der Waals surface area contributed by atoms with Gasteiger partial charge in [-0.05, 0) is 28.8 Å². The third-order valence-corrected chi connectivity index (χ3v) is 4.33. The normalized spacial score (nSPS) is 10.4. The molecule has 0 heterocycles. The van der Waals surface area contributed by atoms with Gasteiger partial charge in [0.1, 0.15) is 0 Å². The molecule has 3 N–H and O–H groups in total. The van der Waals surface area contributed by atoms with Crippen molar-refractivity contribution in [3.63, 3.8) is 0 Å². The molecule has 2 aromatic carbocycles. The Kier molecular flexibility index (Phi) is 6.11. The molecule has 0 unspecified atom stereocenters. The number of nitrogens with two attached hydrogens (primary N) is 1. The molecule has 2 rings (SSSR count). The number of hydrogen-bond acceptors (Lipinski definition) is 3. The van der Waals surface area contributed by atoms with Crippen molar-refractivity contribution in [3.05, 3.63) is 70.2 Å². The standard InChI is InChI=1S/C16H17ClN2OS/c17-15-7-5-14(6-8-15)11-21-10-13-3-1-12(2-4-13)9-16(20)19-18/h1-8H,9-11,18H2,(H,19,20). The zero-order valence-corrected chi connectivity index (χ0v) is 13.1. The van der Waals surface area contributed by atoms with Gasteiger partial charge in [-0.3, -0.25) is 10.2 Å². The smallest absolute Gasteiger partial charge is 0.238 e. The summed E-state index contributed by atoms with van der Waals surface area (Å²) in [6.45, 7) is 0. The average Bonchev–Trinajstić information content (AvgIpc) is 2.51. The van der Waals surface area contributed by atoms with E-state index in [0.29, 0.717) is 6.42 Å². The van der Waals surface area contributed by atoms with Crippen molar-refractivity contribution < 1.29 is 4.79 Å². The van der Waals surface area contributed by atoms with Crippen LogP contribution in [0.25, 0.3) is 0 Å². The van der Waals surface area contributed by atoms with Gasteiger partial charge in [0.2, 0.25) is 5.91 Å². The Hall–Kier alpha value is -1.49. The number of halogens is 1. The highest BCUT2D eigenvalue weighted by molar-refractivity contribution is 7.97. The zero-order valence-electron chi connectivity index (χ0n) is 11.5. The SMILES string of the molecule is NNC(=O)Cc1ccc(CSCc2ccc(Cl)cc2)cc1. The van der Waals surface area contributed by atoms with E-state index < -0.39 is 0 Å². The fraction of sp³-hybridized carbons (Fsp3) is 0.188. The Morgan fingerprint density at radius 1 is 0.952 bits per heavy atom. The van der Waals surface area contributed by atoms with Gasteiger partial charge in [-0.1, -0.05) is 48.0 Å². The Bertz CT molecular complexity index is 584. The summed E-state index contributed by atoms with van der Waals surface area (Å²) in [4.78, 5) is 11.2. The number of hydrogen-bond donors (Lipinski definition) is 2. The zero-order chi connectivity index (χ0) is 15.1. The minimum absolute atomic E-state index is 0.181. The van der Waals surface area contributed by atoms with E-state index in [1.165, 1.54) is 11.1 Å². The molecular weight excluding hydrogens is 304 g/mol. The maximum Gasteiger partial charge on any atom is 0.238 e. The summed E-state index contributed by atoms with van der Waals surface area (Å²) in [7, 11) is 0. The first-order valence-electron chi connectivity index (χ1n) is 6.57. The molecule has 1 amide bonds. The predicted octanol–water partition coefficient (Wildman–Crippen LogP) is 3.31. The molecule has 0 radical (unpaired) electrons. The van der Waals surface area contributed by atoms with Gasteiger partial charge in [0.25, 0.3) is 0 Å². The van der Waals surface area contributed by atoms with Gasteiger partial charge in [-0.2, -0.15) is 11.8 Å². The number of hydrazine groups is 1. The largest absolute Gasteiger partial charge is 0.294 e. The van der Waals surface area contributed by atoms with Crippen molar-refractivity contribution in [3.8, 4) is 0 Å². The fourth-order valence-corrected chi connectivity index (χ4v) is 2.94. The first kappa shape index (κ1) is 15.9. The van der Waals surface area contributed by atoms with Gasteiger partial charge in [0.15, 0.2) is 0 Å². The second-order valence-corrected chi connectivity index (χ2v) is 6.10. The molecule has 0 fully saturated rings. The van der Waals surface area contributed by atoms with Gasteiger partial charge in [0, 0.05) is 16.5 Å². The van der Waals surface area contributed by atoms with Crippen LogP contribution in [0.5, 0.6) is 0 Å². The lowest BCUT2D eigenvalue weighted by Crippen LogP contribution is -2.31. The van der Waals surface area contributed by atoms with Crippen molar-refractivity contribution >= 4 is 29.3 Å². The second-order valence-electron chi connectivity index (χ2n) is 4.68. The minimum atomic E-state index is -0.181. The minimum Gasteiger partial charge on any atom is -0.294 e. The summed E-state index contributed by atoms with van der Waals surface area (Å²) in [5.74, 6) is 6.78. The van der Waals surface area contributed by atoms with Gasteiger partial charge >= 0.3 is 0 Å². The van der Waals surface area contributed by atoms with E-state index in [1.807, 2.05) is 60.3 Å². The molecule has 0 aliphatic carbocycles. The lowest BCUT2D eigenvalue weighted by atomic mass is 10.1. The predicted molar refractivity (Wildman–Crippen MR) is 88.9 cm³/mol. The molecule has 0 spiro atoms. The topological polar surface area (TPSA) is 55.1 Å². The molecule has 5 heteroatoms. The molecule has 110 valence electrons. The van der Waals surface area contributed by atoms with Crippen molar-refractivity contribution in [2.45, 2.75) is 17.9 Å². The quantitative estimate of drug-likeness (QED) is 0.488. The molecule has 0 aliphatic rings. The number of amides is 1. The van der Waals surface area contributed by atoms with Crippen LogP contribution in [0, 0.1) is 0 Å². The van der Waals surface area contributed by atoms with Gasteiger partial charge in [0.05, 0.1) is 6.42 Å². The van der Waals surface area contributed by atoms with Crippen molar-refractivity contribution in [2.75, 3.05) is 0 Å². The molecule has 0 saturated carbocycles. The molecule has 0 saturated heterocycles. The number of carbonyl (C=O) groups is 1. The molecule has 0 bridgehead atoms. The maximum atomic E-state index is 11.2. The Morgan fingerprint density at radius 3 is 1.95 bits per heavy atom. The third-order valence-electron chi connectivity index (χ3n) is 3.00. The van der Waals surface area contributed by atoms with Crippen LogP contribution < -0.4 is 11.3 Å². The van der Waals surface area contributed by atoms with Crippen LogP contribution >= 0.6 is 23.4 Å². The summed E-state index contributed by atoms with van der Waals surface area (Å²) < 4.78 is 0. The molecular formula is C16H17ClN2OS. The van der Waals surface area contributed by atoms with Crippen LogP contribution in [-0.4, -0.2) is 5.91 Å². The van der Waals surface area contributed by atoms with Crippen LogP contribution in [0.3, 0.4) is 0 Å². The number of rotatable bonds is 6. The number of benzene rings is 2. The van der Waals surface area contributed by atoms with Crippen molar-refractivity contribution in [1.29, 1.82) is 0 Å². The summed E-state index contributed by atoms with van der Waals surface area (Å²) >= 11 is 7.71. The lowest BCUT2D eigenvalue weighted by Gasteiger charge is -2.05. The highest BCUT2D eigenvalue weighted by atomic mass is 35.5. The molecule has 0 aromatic heterocycles. The molecule has 0 aliphatic heterocycles. The van der Waals surface area contributed by atoms with Gasteiger partial charge in [-0.25, -0.2) is 5.84 Å². The number of nitrogens with one attached hydrogen (secondary N) is 1. The van der Waals surface area contributed by atoms with Crippen LogP contribution in [0.1, 0.15) is 16.7 Å². The van der Waals surface area contributed by atoms with Crippen molar-refractivity contribution in [1.82, 2.24) is 5.43 Å². The highest BCUT2D eigenvalue weighted by Crippen LogP contribution is 2.19. The van der Waals surface area contributed by atoms with E-state index in [4.69, 9.17) is 17.4 Å². The Morgan fingerprint density at radius 2 is 1.43 bits per heavy atom. The van der Waals surface area contributed by atoms with Gasteiger partial charge < -0.3 is 0 Å². The Balaban J connectivity index is 1.80. The van der Waals surface area contributed by atoms with E-state index in [2.05, 4.69) is 5.43 Å². The monoisotopic (exact) mass is 320 g/mol. The first-order valence-corrected chi connectivity index (χ1v) is 8.10. The number of thioether (sulfide) groups is 1. The fourth-order valence-electron chi connectivity index (χ4n) is 1.86. The Labute approximate surface area is 133 Å². The number of carbonyl (C=O) groups excluding carboxylic acids is 1. The van der Waals surface area contributed by atoms with E-state index in [-0.39, 0.29) is 5.91 Å². The van der Waals surface area contributed by atoms with Gasteiger partial charge in [-0.15, -0.1) is 0 Å². The maximum absolute atomic E-state index is 11.2. The summed E-state index contributed by atoms with van der Waals surface area (Å²) in [6.07, 6.45) is 0.314. The average molecular weight is 321 g/mol. The van der Waals surface area contributed by atoms with Crippen LogP contribution in [0.15, 0.2) is 48.5 Å². The summed E-state index contributed by atoms with van der Waals surface area (Å²) in [5, 5.41) is 0.765. The molecule has 0 atom stereocenters. The van der Waals surface area contributed by atoms with E-state index >= 15 is 0 Å². The molecule has 3 nitrogen and oxygen atoms in total. The van der Waals surface area contributed by atoms with Crippen LogP contribution in [-0.2, 0) is 22.7 Å². The van der Waals surface area contributed by atoms with Crippen molar-refractivity contribution in [2.24, 2.45) is 5.84 Å². The van der Waals surface area contributed by atoms with E-state index in [1.54, 1.807) is 0 Å². The third kappa shape index (κ3) is 5.42. The molecule has 2 aromatic rings. The molecule has 21 heavy (non-hydrogen) atoms. The second kappa shape index (κ2) is 8.08. The lowest BCUT2D eigenvalue weighted by molar-refractivity contribution is -0.120.